The molecule has 0 bridgehead atoms. The van der Waals surface area contributed by atoms with Crippen LogP contribution < -0.4 is 16.0 Å². The third-order valence-corrected chi connectivity index (χ3v) is 7.92. The Kier molecular flexibility index (Phi) is 12.0. The summed E-state index contributed by atoms with van der Waals surface area (Å²) < 4.78 is 0. The van der Waals surface area contributed by atoms with Crippen LogP contribution in [0.4, 0.5) is 17.3 Å². The second-order valence-electron chi connectivity index (χ2n) is 11.4. The Morgan fingerprint density at radius 3 is 2.50 bits per heavy atom. The van der Waals surface area contributed by atoms with E-state index in [1.165, 1.54) is 24.0 Å². The quantitative estimate of drug-likeness (QED) is 0.105. The van der Waals surface area contributed by atoms with Crippen LogP contribution in [0.2, 0.25) is 0 Å². The van der Waals surface area contributed by atoms with E-state index in [-0.39, 0.29) is 11.8 Å². The molecule has 7 heteroatoms. The van der Waals surface area contributed by atoms with Gasteiger partial charge in [0.15, 0.2) is 0 Å². The van der Waals surface area contributed by atoms with Gasteiger partial charge in [0, 0.05) is 40.8 Å². The van der Waals surface area contributed by atoms with Crippen LogP contribution in [0.15, 0.2) is 89.7 Å². The maximum Gasteiger partial charge on any atom is 0.251 e. The molecule has 0 aliphatic heterocycles. The van der Waals surface area contributed by atoms with E-state index in [0.29, 0.717) is 23.6 Å². The maximum atomic E-state index is 13.1. The highest BCUT2D eigenvalue weighted by Gasteiger charge is 2.14. The highest BCUT2D eigenvalue weighted by molar-refractivity contribution is 6.04. The first-order chi connectivity index (χ1) is 21.4. The van der Waals surface area contributed by atoms with Crippen LogP contribution in [-0.2, 0) is 4.79 Å². The van der Waals surface area contributed by atoms with Gasteiger partial charge >= 0.3 is 0 Å². The molecular weight excluding hydrogens is 546 g/mol. The summed E-state index contributed by atoms with van der Waals surface area (Å²) in [6.45, 7) is 8.84. The zero-order valence-corrected chi connectivity index (χ0v) is 26.5. The molecule has 44 heavy (non-hydrogen) atoms. The number of carbonyl (C=O) groups excluding carboxylic acids is 2. The van der Waals surface area contributed by atoms with Gasteiger partial charge in [-0.3, -0.25) is 9.59 Å². The summed E-state index contributed by atoms with van der Waals surface area (Å²) in [5.41, 5.74) is 8.10. The number of nitrogens with zero attached hydrogens (tertiary/aromatic N) is 2. The van der Waals surface area contributed by atoms with Crippen molar-refractivity contribution < 1.29 is 9.59 Å². The lowest BCUT2D eigenvalue weighted by Crippen LogP contribution is -2.24. The van der Waals surface area contributed by atoms with Gasteiger partial charge in [0.25, 0.3) is 11.8 Å². The van der Waals surface area contributed by atoms with E-state index in [1.807, 2.05) is 56.3 Å². The molecule has 7 nitrogen and oxygen atoms in total. The van der Waals surface area contributed by atoms with Gasteiger partial charge in [-0.25, -0.2) is 9.97 Å². The summed E-state index contributed by atoms with van der Waals surface area (Å²) in [5, 5.41) is 9.32. The predicted molar refractivity (Wildman–Crippen MR) is 181 cm³/mol. The van der Waals surface area contributed by atoms with E-state index < -0.39 is 0 Å². The number of aromatic nitrogens is 2. The number of rotatable bonds is 13. The average Bonchev–Trinajstić information content (AvgIpc) is 3.03. The summed E-state index contributed by atoms with van der Waals surface area (Å²) in [7, 11) is 0. The van der Waals surface area contributed by atoms with Crippen LogP contribution in [0.3, 0.4) is 0 Å². The van der Waals surface area contributed by atoms with Gasteiger partial charge in [0.1, 0.15) is 0 Å². The molecule has 230 valence electrons. The minimum absolute atomic E-state index is 0.0818. The summed E-state index contributed by atoms with van der Waals surface area (Å²) >= 11 is 0. The third-order valence-electron chi connectivity index (χ3n) is 7.92. The monoisotopic (exact) mass is 591 g/mol. The van der Waals surface area contributed by atoms with Crippen LogP contribution in [-0.4, -0.2) is 28.3 Å². The lowest BCUT2D eigenvalue weighted by Gasteiger charge is -2.16. The van der Waals surface area contributed by atoms with Crippen molar-refractivity contribution >= 4 is 29.1 Å². The number of hydrogen-bond donors (Lipinski definition) is 3. The molecule has 3 N–H and O–H groups in total. The highest BCUT2D eigenvalue weighted by atomic mass is 16.2. The number of carbonyl (C=O) groups is 2. The first kappa shape index (κ1) is 32.4. The Morgan fingerprint density at radius 2 is 1.73 bits per heavy atom. The number of allylic oxidation sites excluding steroid dienone is 5. The topological polar surface area (TPSA) is 96.0 Å². The Labute approximate surface area is 262 Å². The first-order valence-electron chi connectivity index (χ1n) is 15.8. The fourth-order valence-corrected chi connectivity index (χ4v) is 5.20. The fourth-order valence-electron chi connectivity index (χ4n) is 5.20. The molecule has 1 aliphatic rings. The number of amides is 2. The van der Waals surface area contributed by atoms with Gasteiger partial charge in [0.2, 0.25) is 5.95 Å². The van der Waals surface area contributed by atoms with Crippen LogP contribution in [0.25, 0.3) is 11.3 Å². The van der Waals surface area contributed by atoms with Gasteiger partial charge < -0.3 is 16.0 Å². The van der Waals surface area contributed by atoms with E-state index in [1.54, 1.807) is 18.3 Å². The summed E-state index contributed by atoms with van der Waals surface area (Å²) in [4.78, 5) is 34.7. The highest BCUT2D eigenvalue weighted by Crippen LogP contribution is 2.29. The minimum Gasteiger partial charge on any atom is -0.352 e. The number of hydrogen-bond acceptors (Lipinski definition) is 5. The van der Waals surface area contributed by atoms with Crippen LogP contribution in [0.1, 0.15) is 88.1 Å². The predicted octanol–water partition coefficient (Wildman–Crippen LogP) is 8.84. The van der Waals surface area contributed by atoms with Crippen molar-refractivity contribution in [1.82, 2.24) is 15.3 Å². The number of anilines is 3. The molecular formula is C37H45N5O2. The maximum absolute atomic E-state index is 13.1. The van der Waals surface area contributed by atoms with Gasteiger partial charge in [-0.05, 0) is 113 Å². The van der Waals surface area contributed by atoms with Crippen molar-refractivity contribution in [2.75, 3.05) is 17.2 Å². The van der Waals surface area contributed by atoms with Crippen LogP contribution in [0, 0.1) is 6.92 Å². The van der Waals surface area contributed by atoms with Crippen molar-refractivity contribution in [3.63, 3.8) is 0 Å². The molecule has 4 rings (SSSR count). The smallest absolute Gasteiger partial charge is 0.251 e. The Balaban J connectivity index is 1.38. The molecule has 0 fully saturated rings. The van der Waals surface area contributed by atoms with Crippen molar-refractivity contribution in [1.29, 1.82) is 0 Å². The molecule has 1 heterocycles. The average molecular weight is 592 g/mol. The van der Waals surface area contributed by atoms with Gasteiger partial charge in [-0.2, -0.15) is 0 Å². The fraction of sp³-hybridized carbons (Fsp3) is 0.351. The van der Waals surface area contributed by atoms with Crippen molar-refractivity contribution in [2.24, 2.45) is 0 Å². The number of nitrogens with one attached hydrogen (secondary N) is 3. The summed E-state index contributed by atoms with van der Waals surface area (Å²) in [6.07, 6.45) is 16.8. The number of unbranched alkanes of at least 4 members (excludes halogenated alkanes) is 2. The minimum atomic E-state index is -0.0992. The van der Waals surface area contributed by atoms with Crippen molar-refractivity contribution in [3.8, 4) is 11.3 Å². The Hall–Kier alpha value is -4.52. The zero-order valence-electron chi connectivity index (χ0n) is 26.5. The summed E-state index contributed by atoms with van der Waals surface area (Å²) in [5.74, 6) is 0.263. The van der Waals surface area contributed by atoms with Gasteiger partial charge in [-0.15, -0.1) is 0 Å². The molecule has 3 aromatic rings. The number of benzene rings is 2. The molecule has 1 aromatic heterocycles. The molecule has 0 unspecified atom stereocenters. The van der Waals surface area contributed by atoms with E-state index in [2.05, 4.69) is 46.9 Å². The second kappa shape index (κ2) is 16.4. The molecule has 2 aromatic carbocycles. The van der Waals surface area contributed by atoms with Gasteiger partial charge in [0.05, 0.1) is 5.69 Å². The molecule has 1 aliphatic carbocycles. The van der Waals surface area contributed by atoms with E-state index >= 15 is 0 Å². The molecule has 0 atom stereocenters. The normalized spacial score (nSPS) is 13.7. The zero-order chi connectivity index (χ0) is 31.3. The van der Waals surface area contributed by atoms with E-state index in [0.717, 1.165) is 66.7 Å². The second-order valence-corrected chi connectivity index (χ2v) is 11.4. The standard InChI is InChI=1S/C37H45N5O2/c1-5-6-7-8-9-12-23-38-36(44)29-18-20-31(21-19-29)40-37-39-24-22-34(42-37)32-16-13-17-33(28(32)4)41-35(43)27(3)25-30-15-11-10-14-26(30)2/h7-8,13,16-22,24-25H,5-6,9-12,14-15,23H2,1-4H3,(H,38,44)(H,41,43)(H,39,40,42)/b8-7+,27-25+. The molecule has 2 amide bonds. The third kappa shape index (κ3) is 9.24. The molecule has 0 spiro atoms. The SMILES string of the molecule is CCC/C=C/CCCNC(=O)c1ccc(Nc2nccc(-c3cccc(NC(=O)/C(C)=C/C4=C(C)CCCC4)c3C)n2)cc1. The van der Waals surface area contributed by atoms with Gasteiger partial charge in [-0.1, -0.05) is 49.3 Å². The Morgan fingerprint density at radius 1 is 0.955 bits per heavy atom. The molecule has 0 saturated carbocycles. The van der Waals surface area contributed by atoms with Crippen molar-refractivity contribution in [2.45, 2.75) is 79.1 Å². The largest absolute Gasteiger partial charge is 0.352 e. The van der Waals surface area contributed by atoms with Crippen molar-refractivity contribution in [3.05, 3.63) is 101 Å². The summed E-state index contributed by atoms with van der Waals surface area (Å²) in [6, 6.07) is 15.0. The Bertz CT molecular complexity index is 1540. The molecule has 0 radical (unpaired) electrons. The van der Waals surface area contributed by atoms with E-state index in [9.17, 15) is 9.59 Å². The van der Waals surface area contributed by atoms with Crippen LogP contribution in [0.5, 0.6) is 0 Å². The van der Waals surface area contributed by atoms with Crippen LogP contribution >= 0.6 is 0 Å². The lowest BCUT2D eigenvalue weighted by atomic mass is 9.91. The molecule has 0 saturated heterocycles. The lowest BCUT2D eigenvalue weighted by molar-refractivity contribution is -0.112. The van der Waals surface area contributed by atoms with E-state index in [4.69, 9.17) is 4.98 Å². The first-order valence-corrected chi connectivity index (χ1v) is 15.8.